The van der Waals surface area contributed by atoms with Gasteiger partial charge >= 0.3 is 5.97 Å². The van der Waals surface area contributed by atoms with Crippen LogP contribution >= 0.6 is 0 Å². The molecular weight excluding hydrogens is 246 g/mol. The molecule has 0 aliphatic carbocycles. The molecule has 6 nitrogen and oxygen atoms in total. The standard InChI is InChI=1S/C13H21N3O3/c1-13(2,3)12-14-10(19-15-12)8-16-7-5-4-6-9(16)11(17)18/h9H,4-8H2,1-3H3,(H,17,18). The number of carbonyl (C=O) groups is 1. The van der Waals surface area contributed by atoms with E-state index in [1.165, 1.54) is 0 Å². The number of likely N-dealkylation sites (tertiary alicyclic amines) is 1. The summed E-state index contributed by atoms with van der Waals surface area (Å²) in [4.78, 5) is 17.5. The highest BCUT2D eigenvalue weighted by atomic mass is 16.5. The van der Waals surface area contributed by atoms with Crippen LogP contribution in [0.1, 0.15) is 51.7 Å². The third-order valence-electron chi connectivity index (χ3n) is 3.38. The number of aliphatic carboxylic acids is 1. The van der Waals surface area contributed by atoms with E-state index < -0.39 is 12.0 Å². The number of piperidine rings is 1. The van der Waals surface area contributed by atoms with Gasteiger partial charge in [0.15, 0.2) is 5.82 Å². The molecule has 1 aromatic rings. The summed E-state index contributed by atoms with van der Waals surface area (Å²) in [5, 5.41) is 13.2. The smallest absolute Gasteiger partial charge is 0.320 e. The largest absolute Gasteiger partial charge is 0.480 e. The van der Waals surface area contributed by atoms with Gasteiger partial charge in [-0.3, -0.25) is 9.69 Å². The van der Waals surface area contributed by atoms with Crippen molar-refractivity contribution in [1.29, 1.82) is 0 Å². The molecule has 1 saturated heterocycles. The van der Waals surface area contributed by atoms with E-state index in [2.05, 4.69) is 10.1 Å². The first-order chi connectivity index (χ1) is 8.88. The second kappa shape index (κ2) is 5.28. The van der Waals surface area contributed by atoms with Crippen LogP contribution in [0.5, 0.6) is 0 Å². The van der Waals surface area contributed by atoms with E-state index in [4.69, 9.17) is 4.52 Å². The molecule has 0 spiro atoms. The van der Waals surface area contributed by atoms with Gasteiger partial charge in [0.2, 0.25) is 5.89 Å². The molecule has 2 heterocycles. The molecular formula is C13H21N3O3. The summed E-state index contributed by atoms with van der Waals surface area (Å²) in [7, 11) is 0. The Balaban J connectivity index is 2.07. The van der Waals surface area contributed by atoms with Crippen LogP contribution in [0.25, 0.3) is 0 Å². The predicted molar refractivity (Wildman–Crippen MR) is 68.7 cm³/mol. The molecule has 1 aliphatic heterocycles. The molecule has 0 amide bonds. The van der Waals surface area contributed by atoms with Crippen LogP contribution in [0, 0.1) is 0 Å². The number of aromatic nitrogens is 2. The fourth-order valence-electron chi connectivity index (χ4n) is 2.26. The average molecular weight is 267 g/mol. The van der Waals surface area contributed by atoms with Crippen molar-refractivity contribution in [3.63, 3.8) is 0 Å². The maximum Gasteiger partial charge on any atom is 0.320 e. The van der Waals surface area contributed by atoms with E-state index in [0.717, 1.165) is 19.4 Å². The Labute approximate surface area is 112 Å². The maximum atomic E-state index is 11.2. The molecule has 0 saturated carbocycles. The van der Waals surface area contributed by atoms with Gasteiger partial charge < -0.3 is 9.63 Å². The van der Waals surface area contributed by atoms with Crippen LogP contribution in [-0.4, -0.2) is 38.7 Å². The molecule has 2 rings (SSSR count). The minimum Gasteiger partial charge on any atom is -0.480 e. The zero-order chi connectivity index (χ0) is 14.0. The first-order valence-corrected chi connectivity index (χ1v) is 6.68. The second-order valence-corrected chi connectivity index (χ2v) is 6.08. The van der Waals surface area contributed by atoms with Crippen molar-refractivity contribution in [2.24, 2.45) is 0 Å². The highest BCUT2D eigenvalue weighted by molar-refractivity contribution is 5.73. The molecule has 1 aliphatic rings. The summed E-state index contributed by atoms with van der Waals surface area (Å²) in [6.07, 6.45) is 2.67. The number of carboxylic acid groups (broad SMARTS) is 1. The number of hydrogen-bond acceptors (Lipinski definition) is 5. The summed E-state index contributed by atoms with van der Waals surface area (Å²) in [5.74, 6) is 0.389. The predicted octanol–water partition coefficient (Wildman–Crippen LogP) is 1.81. The Kier molecular flexibility index (Phi) is 3.89. The van der Waals surface area contributed by atoms with Crippen LogP contribution in [0.15, 0.2) is 4.52 Å². The molecule has 19 heavy (non-hydrogen) atoms. The molecule has 1 atom stereocenters. The number of nitrogens with zero attached hydrogens (tertiary/aromatic N) is 3. The van der Waals surface area contributed by atoms with Crippen molar-refractivity contribution in [1.82, 2.24) is 15.0 Å². The normalized spacial score (nSPS) is 21.5. The molecule has 1 N–H and O–H groups in total. The van der Waals surface area contributed by atoms with E-state index >= 15 is 0 Å². The molecule has 0 radical (unpaired) electrons. The van der Waals surface area contributed by atoms with Crippen molar-refractivity contribution in [3.05, 3.63) is 11.7 Å². The number of hydrogen-bond donors (Lipinski definition) is 1. The number of rotatable bonds is 3. The monoisotopic (exact) mass is 267 g/mol. The Bertz CT molecular complexity index is 450. The minimum atomic E-state index is -0.768. The van der Waals surface area contributed by atoms with Crippen LogP contribution in [0.3, 0.4) is 0 Å². The van der Waals surface area contributed by atoms with Gasteiger partial charge in [0.1, 0.15) is 6.04 Å². The molecule has 106 valence electrons. The van der Waals surface area contributed by atoms with E-state index in [1.54, 1.807) is 0 Å². The van der Waals surface area contributed by atoms with Gasteiger partial charge in [-0.15, -0.1) is 0 Å². The van der Waals surface area contributed by atoms with Gasteiger partial charge in [0.05, 0.1) is 6.54 Å². The Morgan fingerprint density at radius 3 is 2.79 bits per heavy atom. The molecule has 0 aromatic carbocycles. The average Bonchev–Trinajstić information content (AvgIpc) is 2.77. The lowest BCUT2D eigenvalue weighted by Crippen LogP contribution is -2.44. The highest BCUT2D eigenvalue weighted by Crippen LogP contribution is 2.22. The molecule has 6 heteroatoms. The number of carboxylic acids is 1. The second-order valence-electron chi connectivity index (χ2n) is 6.08. The third-order valence-corrected chi connectivity index (χ3v) is 3.38. The van der Waals surface area contributed by atoms with Gasteiger partial charge in [0.25, 0.3) is 0 Å². The van der Waals surface area contributed by atoms with Crippen molar-refractivity contribution >= 4 is 5.97 Å². The first-order valence-electron chi connectivity index (χ1n) is 6.68. The van der Waals surface area contributed by atoms with E-state index in [1.807, 2.05) is 25.7 Å². The molecule has 0 bridgehead atoms. The van der Waals surface area contributed by atoms with Crippen molar-refractivity contribution < 1.29 is 14.4 Å². The Hall–Kier alpha value is -1.43. The Morgan fingerprint density at radius 2 is 2.21 bits per heavy atom. The fourth-order valence-corrected chi connectivity index (χ4v) is 2.26. The summed E-state index contributed by atoms with van der Waals surface area (Å²) in [6.45, 7) is 7.23. The van der Waals surface area contributed by atoms with E-state index in [-0.39, 0.29) is 5.41 Å². The van der Waals surface area contributed by atoms with Gasteiger partial charge in [-0.05, 0) is 19.4 Å². The lowest BCUT2D eigenvalue weighted by molar-refractivity contribution is -0.145. The first kappa shape index (κ1) is 14.0. The summed E-state index contributed by atoms with van der Waals surface area (Å²) < 4.78 is 5.23. The summed E-state index contributed by atoms with van der Waals surface area (Å²) >= 11 is 0. The fraction of sp³-hybridized carbons (Fsp3) is 0.769. The summed E-state index contributed by atoms with van der Waals surface area (Å²) in [6, 6.07) is -0.432. The zero-order valence-electron chi connectivity index (χ0n) is 11.7. The van der Waals surface area contributed by atoms with Gasteiger partial charge in [-0.2, -0.15) is 4.98 Å². The third kappa shape index (κ3) is 3.32. The van der Waals surface area contributed by atoms with Crippen LogP contribution in [-0.2, 0) is 16.8 Å². The SMILES string of the molecule is CC(C)(C)c1noc(CN2CCCCC2C(=O)O)n1. The van der Waals surface area contributed by atoms with Gasteiger partial charge in [-0.25, -0.2) is 0 Å². The highest BCUT2D eigenvalue weighted by Gasteiger charge is 2.30. The molecule has 1 fully saturated rings. The molecule has 1 unspecified atom stereocenters. The Morgan fingerprint density at radius 1 is 1.47 bits per heavy atom. The van der Waals surface area contributed by atoms with E-state index in [9.17, 15) is 9.90 Å². The maximum absolute atomic E-state index is 11.2. The van der Waals surface area contributed by atoms with Gasteiger partial charge in [-0.1, -0.05) is 32.3 Å². The zero-order valence-corrected chi connectivity index (χ0v) is 11.7. The minimum absolute atomic E-state index is 0.157. The van der Waals surface area contributed by atoms with Crippen molar-refractivity contribution in [2.75, 3.05) is 6.54 Å². The lowest BCUT2D eigenvalue weighted by Gasteiger charge is -2.31. The van der Waals surface area contributed by atoms with Crippen molar-refractivity contribution in [2.45, 2.75) is 58.0 Å². The van der Waals surface area contributed by atoms with Crippen molar-refractivity contribution in [3.8, 4) is 0 Å². The summed E-state index contributed by atoms with van der Waals surface area (Å²) in [5.41, 5.74) is -0.157. The topological polar surface area (TPSA) is 79.5 Å². The lowest BCUT2D eigenvalue weighted by atomic mass is 9.96. The van der Waals surface area contributed by atoms with Crippen LogP contribution in [0.4, 0.5) is 0 Å². The van der Waals surface area contributed by atoms with Crippen LogP contribution in [0.2, 0.25) is 0 Å². The van der Waals surface area contributed by atoms with Crippen LogP contribution < -0.4 is 0 Å². The van der Waals surface area contributed by atoms with Gasteiger partial charge in [0, 0.05) is 5.41 Å². The molecule has 1 aromatic heterocycles. The van der Waals surface area contributed by atoms with E-state index in [0.29, 0.717) is 24.7 Å². The quantitative estimate of drug-likeness (QED) is 0.899.